The van der Waals surface area contributed by atoms with Crippen molar-refractivity contribution in [3.8, 4) is 0 Å². The molecule has 1 heterocycles. The number of imide groups is 1. The number of ketones is 1. The lowest BCUT2D eigenvalue weighted by Crippen LogP contribution is -2.52. The highest BCUT2D eigenvalue weighted by molar-refractivity contribution is 9.12. The summed E-state index contributed by atoms with van der Waals surface area (Å²) in [7, 11) is 0. The number of benzene rings is 2. The molecule has 3 amide bonds. The van der Waals surface area contributed by atoms with Gasteiger partial charge in [-0.1, -0.05) is 67.2 Å². The van der Waals surface area contributed by atoms with E-state index in [0.717, 1.165) is 21.1 Å². The standard InChI is InChI=1S/C25H22Br2Cl2N2O4/c1-12-3-4-14(7-13(12)2)22(32)11-30(23(33)16-6-5-15(28)8-21(16)29)31-24(34)17-9-19(26)20(27)10-18(17)25(31)35/h3-8,17-20H,9-11H2,1-2H3/t17-,18+,19-,20-/m0/s1. The molecule has 1 saturated heterocycles. The topological polar surface area (TPSA) is 74.8 Å². The Labute approximate surface area is 230 Å². The number of hydrogen-bond acceptors (Lipinski definition) is 4. The number of fused-ring (bicyclic) bond motifs is 1. The SMILES string of the molecule is Cc1ccc(C(=O)CN(C(=O)c2ccc(Cl)cc2Cl)N2C(=O)[C@H]3C[C@H](Br)[C@@H](Br)C[C@H]3C2=O)cc1C. The van der Waals surface area contributed by atoms with Crippen molar-refractivity contribution in [1.82, 2.24) is 10.0 Å². The fourth-order valence-electron chi connectivity index (χ4n) is 4.49. The molecule has 1 aliphatic heterocycles. The van der Waals surface area contributed by atoms with Gasteiger partial charge in [0.15, 0.2) is 5.78 Å². The summed E-state index contributed by atoms with van der Waals surface area (Å²) in [5, 5.41) is 2.17. The minimum absolute atomic E-state index is 0.00692. The lowest BCUT2D eigenvalue weighted by Gasteiger charge is -2.30. The molecular formula is C25H22Br2Cl2N2O4. The number of alkyl halides is 2. The van der Waals surface area contributed by atoms with Gasteiger partial charge < -0.3 is 0 Å². The molecule has 1 aliphatic carbocycles. The van der Waals surface area contributed by atoms with Crippen LogP contribution >= 0.6 is 55.1 Å². The third-order valence-electron chi connectivity index (χ3n) is 6.65. The van der Waals surface area contributed by atoms with Crippen LogP contribution in [-0.2, 0) is 9.59 Å². The van der Waals surface area contributed by atoms with Crippen molar-refractivity contribution in [3.05, 3.63) is 68.7 Å². The molecule has 2 aromatic rings. The Morgan fingerprint density at radius 3 is 2.09 bits per heavy atom. The third-order valence-corrected chi connectivity index (χ3v) is 9.93. The zero-order valence-corrected chi connectivity index (χ0v) is 23.6. The van der Waals surface area contributed by atoms with Crippen LogP contribution in [0.2, 0.25) is 10.0 Å². The highest BCUT2D eigenvalue weighted by Crippen LogP contribution is 2.44. The summed E-state index contributed by atoms with van der Waals surface area (Å²) < 4.78 is 0. The van der Waals surface area contributed by atoms with Gasteiger partial charge in [0.25, 0.3) is 17.7 Å². The molecule has 184 valence electrons. The smallest absolute Gasteiger partial charge is 0.274 e. The molecule has 0 bridgehead atoms. The van der Waals surface area contributed by atoms with Crippen LogP contribution in [0.1, 0.15) is 44.7 Å². The summed E-state index contributed by atoms with van der Waals surface area (Å²) in [6.07, 6.45) is 0.882. The Bertz CT molecular complexity index is 1210. The van der Waals surface area contributed by atoms with Crippen molar-refractivity contribution in [3.63, 3.8) is 0 Å². The highest BCUT2D eigenvalue weighted by atomic mass is 79.9. The number of rotatable bonds is 5. The maximum absolute atomic E-state index is 13.7. The van der Waals surface area contributed by atoms with Crippen molar-refractivity contribution in [2.75, 3.05) is 6.54 Å². The van der Waals surface area contributed by atoms with Crippen LogP contribution in [0.4, 0.5) is 0 Å². The van der Waals surface area contributed by atoms with E-state index in [1.807, 2.05) is 19.9 Å². The first kappa shape index (κ1) is 26.3. The molecule has 10 heteroatoms. The van der Waals surface area contributed by atoms with Gasteiger partial charge >= 0.3 is 0 Å². The second-order valence-electron chi connectivity index (χ2n) is 8.91. The lowest BCUT2D eigenvalue weighted by atomic mass is 9.81. The average Bonchev–Trinajstić information content (AvgIpc) is 3.03. The summed E-state index contributed by atoms with van der Waals surface area (Å²) in [4.78, 5) is 53.8. The van der Waals surface area contributed by atoms with Crippen LogP contribution in [0.15, 0.2) is 36.4 Å². The molecular weight excluding hydrogens is 623 g/mol. The zero-order valence-electron chi connectivity index (χ0n) is 18.9. The van der Waals surface area contributed by atoms with Crippen LogP contribution in [0.25, 0.3) is 0 Å². The normalized spacial score (nSPS) is 23.9. The number of carbonyl (C=O) groups is 4. The summed E-state index contributed by atoms with van der Waals surface area (Å²) in [5.41, 5.74) is 2.35. The largest absolute Gasteiger partial charge is 0.292 e. The van der Waals surface area contributed by atoms with Crippen molar-refractivity contribution in [2.24, 2.45) is 11.8 Å². The first-order valence-electron chi connectivity index (χ1n) is 11.0. The van der Waals surface area contributed by atoms with Gasteiger partial charge in [-0.25, -0.2) is 5.01 Å². The van der Waals surface area contributed by atoms with E-state index in [-0.39, 0.29) is 20.2 Å². The number of Topliss-reactive ketones (excluding diaryl/α,β-unsaturated/α-hetero) is 1. The molecule has 2 aliphatic rings. The van der Waals surface area contributed by atoms with Crippen LogP contribution in [0.5, 0.6) is 0 Å². The molecule has 35 heavy (non-hydrogen) atoms. The lowest BCUT2D eigenvalue weighted by molar-refractivity contribution is -0.154. The van der Waals surface area contributed by atoms with E-state index in [1.54, 1.807) is 12.1 Å². The molecule has 2 fully saturated rings. The molecule has 0 unspecified atom stereocenters. The summed E-state index contributed by atoms with van der Waals surface area (Å²) in [5.74, 6) is -3.26. The van der Waals surface area contributed by atoms with Crippen LogP contribution in [-0.4, -0.2) is 49.7 Å². The molecule has 4 atom stereocenters. The van der Waals surface area contributed by atoms with Crippen LogP contribution in [0, 0.1) is 25.7 Å². The quantitative estimate of drug-likeness (QED) is 0.235. The van der Waals surface area contributed by atoms with E-state index in [2.05, 4.69) is 31.9 Å². The fourth-order valence-corrected chi connectivity index (χ4v) is 6.22. The van der Waals surface area contributed by atoms with E-state index < -0.39 is 41.9 Å². The number of nitrogens with zero attached hydrogens (tertiary/aromatic N) is 2. The van der Waals surface area contributed by atoms with Crippen molar-refractivity contribution in [1.29, 1.82) is 0 Å². The summed E-state index contributed by atoms with van der Waals surface area (Å²) in [6, 6.07) is 9.52. The Morgan fingerprint density at radius 2 is 1.54 bits per heavy atom. The predicted octanol–water partition coefficient (Wildman–Crippen LogP) is 5.77. The molecule has 0 radical (unpaired) electrons. The molecule has 0 N–H and O–H groups in total. The Balaban J connectivity index is 1.73. The van der Waals surface area contributed by atoms with Gasteiger partial charge in [0.1, 0.15) is 6.54 Å². The van der Waals surface area contributed by atoms with Crippen molar-refractivity contribution >= 4 is 78.6 Å². The minimum atomic E-state index is -0.727. The molecule has 2 aromatic carbocycles. The second kappa shape index (κ2) is 10.3. The van der Waals surface area contributed by atoms with Gasteiger partial charge in [0.2, 0.25) is 0 Å². The number of hydrogen-bond donors (Lipinski definition) is 0. The Morgan fingerprint density at radius 1 is 0.943 bits per heavy atom. The van der Waals surface area contributed by atoms with Crippen LogP contribution < -0.4 is 0 Å². The van der Waals surface area contributed by atoms with Gasteiger partial charge in [0, 0.05) is 20.2 Å². The van der Waals surface area contributed by atoms with Crippen molar-refractivity contribution in [2.45, 2.75) is 36.3 Å². The first-order valence-corrected chi connectivity index (χ1v) is 13.6. The Hall–Kier alpha value is -1.74. The average molecular weight is 645 g/mol. The fraction of sp³-hybridized carbons (Fsp3) is 0.360. The Kier molecular flexibility index (Phi) is 7.77. The molecule has 0 spiro atoms. The summed E-state index contributed by atoms with van der Waals surface area (Å²) >= 11 is 19.4. The van der Waals surface area contributed by atoms with Gasteiger partial charge in [0.05, 0.1) is 22.4 Å². The van der Waals surface area contributed by atoms with Gasteiger partial charge in [-0.15, -0.1) is 0 Å². The van der Waals surface area contributed by atoms with E-state index in [0.29, 0.717) is 23.4 Å². The van der Waals surface area contributed by atoms with Gasteiger partial charge in [-0.3, -0.25) is 19.2 Å². The maximum atomic E-state index is 13.7. The van der Waals surface area contributed by atoms with E-state index in [1.165, 1.54) is 18.2 Å². The zero-order chi connectivity index (χ0) is 25.6. The molecule has 0 aromatic heterocycles. The van der Waals surface area contributed by atoms with Crippen LogP contribution in [0.3, 0.4) is 0 Å². The third kappa shape index (κ3) is 5.08. The van der Waals surface area contributed by atoms with E-state index in [9.17, 15) is 19.2 Å². The second-order valence-corrected chi connectivity index (χ2v) is 12.1. The molecule has 6 nitrogen and oxygen atoms in total. The molecule has 4 rings (SSSR count). The number of amides is 3. The number of carbonyl (C=O) groups excluding carboxylic acids is 4. The maximum Gasteiger partial charge on any atom is 0.274 e. The number of aryl methyl sites for hydroxylation is 2. The number of halogens is 4. The monoisotopic (exact) mass is 642 g/mol. The molecule has 1 saturated carbocycles. The van der Waals surface area contributed by atoms with Gasteiger partial charge in [-0.2, -0.15) is 5.01 Å². The number of hydrazine groups is 1. The summed E-state index contributed by atoms with van der Waals surface area (Å²) in [6.45, 7) is 3.32. The highest BCUT2D eigenvalue weighted by Gasteiger charge is 2.54. The first-order chi connectivity index (χ1) is 16.5. The van der Waals surface area contributed by atoms with E-state index in [4.69, 9.17) is 23.2 Å². The van der Waals surface area contributed by atoms with E-state index >= 15 is 0 Å². The predicted molar refractivity (Wildman–Crippen MR) is 141 cm³/mol. The van der Waals surface area contributed by atoms with Gasteiger partial charge in [-0.05, 0) is 62.1 Å². The van der Waals surface area contributed by atoms with Crippen molar-refractivity contribution < 1.29 is 19.2 Å². The minimum Gasteiger partial charge on any atom is -0.292 e.